The van der Waals surface area contributed by atoms with Gasteiger partial charge in [0.15, 0.2) is 0 Å². The topological polar surface area (TPSA) is 12.0 Å². The van der Waals surface area contributed by atoms with E-state index in [1.54, 1.807) is 0 Å². The first-order chi connectivity index (χ1) is 8.67. The van der Waals surface area contributed by atoms with E-state index in [-0.39, 0.29) is 0 Å². The molecule has 0 aliphatic carbocycles. The third-order valence-corrected chi connectivity index (χ3v) is 4.03. The number of halogens is 2. The SMILES string of the molecule is CCCNC(CC)CCCc1ccc(Br)cc1Cl. The predicted octanol–water partition coefficient (Wildman–Crippen LogP) is 5.20. The van der Waals surface area contributed by atoms with Crippen molar-refractivity contribution < 1.29 is 0 Å². The minimum atomic E-state index is 0.652. The van der Waals surface area contributed by atoms with Crippen molar-refractivity contribution >= 4 is 27.5 Å². The molecule has 0 aliphatic rings. The van der Waals surface area contributed by atoms with Crippen LogP contribution in [0, 0.1) is 0 Å². The second-order valence-electron chi connectivity index (χ2n) is 4.69. The van der Waals surface area contributed by atoms with Gasteiger partial charge in [-0.3, -0.25) is 0 Å². The van der Waals surface area contributed by atoms with Crippen LogP contribution in [0.3, 0.4) is 0 Å². The highest BCUT2D eigenvalue weighted by Crippen LogP contribution is 2.23. The maximum Gasteiger partial charge on any atom is 0.0449 e. The molecule has 0 bridgehead atoms. The monoisotopic (exact) mass is 331 g/mol. The Morgan fingerprint density at radius 2 is 2.11 bits per heavy atom. The van der Waals surface area contributed by atoms with E-state index in [4.69, 9.17) is 11.6 Å². The van der Waals surface area contributed by atoms with E-state index in [2.05, 4.69) is 47.2 Å². The number of aryl methyl sites for hydroxylation is 1. The fraction of sp³-hybridized carbons (Fsp3) is 0.600. The van der Waals surface area contributed by atoms with Crippen LogP contribution in [-0.2, 0) is 6.42 Å². The van der Waals surface area contributed by atoms with Gasteiger partial charge in [-0.25, -0.2) is 0 Å². The molecule has 0 aromatic heterocycles. The summed E-state index contributed by atoms with van der Waals surface area (Å²) in [6, 6.07) is 6.81. The summed E-state index contributed by atoms with van der Waals surface area (Å²) in [6.45, 7) is 5.58. The summed E-state index contributed by atoms with van der Waals surface area (Å²) < 4.78 is 1.05. The zero-order valence-corrected chi connectivity index (χ0v) is 13.6. The standard InChI is InChI=1S/C15H23BrClN/c1-3-10-18-14(4-2)7-5-6-12-8-9-13(16)11-15(12)17/h8-9,11,14,18H,3-7,10H2,1-2H3. The Kier molecular flexibility index (Phi) is 7.96. The van der Waals surface area contributed by atoms with Crippen LogP contribution >= 0.6 is 27.5 Å². The quantitative estimate of drug-likeness (QED) is 0.689. The summed E-state index contributed by atoms with van der Waals surface area (Å²) in [7, 11) is 0. The number of hydrogen-bond donors (Lipinski definition) is 1. The molecule has 18 heavy (non-hydrogen) atoms. The number of benzene rings is 1. The minimum absolute atomic E-state index is 0.652. The van der Waals surface area contributed by atoms with Crippen molar-refractivity contribution in [2.75, 3.05) is 6.54 Å². The maximum absolute atomic E-state index is 6.22. The Bertz CT molecular complexity index is 354. The maximum atomic E-state index is 6.22. The molecular weight excluding hydrogens is 310 g/mol. The van der Waals surface area contributed by atoms with Crippen LogP contribution in [0.1, 0.15) is 45.1 Å². The largest absolute Gasteiger partial charge is 0.314 e. The van der Waals surface area contributed by atoms with Crippen LogP contribution in [0.2, 0.25) is 5.02 Å². The van der Waals surface area contributed by atoms with Crippen LogP contribution < -0.4 is 5.32 Å². The third-order valence-electron chi connectivity index (χ3n) is 3.19. The molecule has 1 unspecified atom stereocenters. The molecule has 1 aromatic rings. The normalized spacial score (nSPS) is 12.7. The molecule has 0 aliphatic heterocycles. The van der Waals surface area contributed by atoms with Gasteiger partial charge in [-0.1, -0.05) is 47.4 Å². The van der Waals surface area contributed by atoms with Gasteiger partial charge in [0.2, 0.25) is 0 Å². The highest BCUT2D eigenvalue weighted by molar-refractivity contribution is 9.10. The van der Waals surface area contributed by atoms with Gasteiger partial charge in [-0.2, -0.15) is 0 Å². The van der Waals surface area contributed by atoms with Crippen molar-refractivity contribution in [3.63, 3.8) is 0 Å². The summed E-state index contributed by atoms with van der Waals surface area (Å²) in [6.07, 6.45) is 5.89. The van der Waals surface area contributed by atoms with Gasteiger partial charge in [-0.05, 0) is 56.3 Å². The molecule has 0 heterocycles. The first-order valence-electron chi connectivity index (χ1n) is 6.84. The molecule has 1 N–H and O–H groups in total. The lowest BCUT2D eigenvalue weighted by molar-refractivity contribution is 0.456. The Morgan fingerprint density at radius 3 is 2.72 bits per heavy atom. The van der Waals surface area contributed by atoms with E-state index in [0.717, 1.165) is 22.5 Å². The lowest BCUT2D eigenvalue weighted by Crippen LogP contribution is -2.29. The van der Waals surface area contributed by atoms with E-state index < -0.39 is 0 Å². The zero-order valence-electron chi connectivity index (χ0n) is 11.3. The lowest BCUT2D eigenvalue weighted by Gasteiger charge is -2.16. The van der Waals surface area contributed by atoms with Gasteiger partial charge in [0.25, 0.3) is 0 Å². The molecule has 1 aromatic carbocycles. The van der Waals surface area contributed by atoms with Gasteiger partial charge in [0.1, 0.15) is 0 Å². The summed E-state index contributed by atoms with van der Waals surface area (Å²) >= 11 is 9.65. The summed E-state index contributed by atoms with van der Waals surface area (Å²) in [5.41, 5.74) is 1.25. The van der Waals surface area contributed by atoms with Crippen LogP contribution in [0.15, 0.2) is 22.7 Å². The van der Waals surface area contributed by atoms with Crippen LogP contribution in [-0.4, -0.2) is 12.6 Å². The van der Waals surface area contributed by atoms with E-state index in [9.17, 15) is 0 Å². The summed E-state index contributed by atoms with van der Waals surface area (Å²) in [5, 5.41) is 4.46. The predicted molar refractivity (Wildman–Crippen MR) is 84.5 cm³/mol. The molecule has 3 heteroatoms. The lowest BCUT2D eigenvalue weighted by atomic mass is 10.0. The van der Waals surface area contributed by atoms with Crippen molar-refractivity contribution in [1.29, 1.82) is 0 Å². The zero-order chi connectivity index (χ0) is 13.4. The second-order valence-corrected chi connectivity index (χ2v) is 6.01. The molecule has 0 fully saturated rings. The Labute approximate surface area is 124 Å². The van der Waals surface area contributed by atoms with Gasteiger partial charge >= 0.3 is 0 Å². The number of nitrogens with one attached hydrogen (secondary N) is 1. The van der Waals surface area contributed by atoms with Crippen molar-refractivity contribution in [2.24, 2.45) is 0 Å². The average Bonchev–Trinajstić information content (AvgIpc) is 2.36. The Morgan fingerprint density at radius 1 is 1.33 bits per heavy atom. The van der Waals surface area contributed by atoms with Gasteiger partial charge in [0.05, 0.1) is 0 Å². The number of rotatable bonds is 8. The molecule has 1 atom stereocenters. The molecule has 0 saturated heterocycles. The first kappa shape index (κ1) is 16.0. The third kappa shape index (κ3) is 5.73. The average molecular weight is 333 g/mol. The summed E-state index contributed by atoms with van der Waals surface area (Å²) in [5.74, 6) is 0. The molecular formula is C15H23BrClN. The van der Waals surface area contributed by atoms with Crippen LogP contribution in [0.4, 0.5) is 0 Å². The molecule has 0 saturated carbocycles. The van der Waals surface area contributed by atoms with Gasteiger partial charge < -0.3 is 5.32 Å². The minimum Gasteiger partial charge on any atom is -0.314 e. The van der Waals surface area contributed by atoms with Gasteiger partial charge in [-0.15, -0.1) is 0 Å². The highest BCUT2D eigenvalue weighted by Gasteiger charge is 2.06. The molecule has 0 spiro atoms. The van der Waals surface area contributed by atoms with Crippen LogP contribution in [0.5, 0.6) is 0 Å². The summed E-state index contributed by atoms with van der Waals surface area (Å²) in [4.78, 5) is 0. The van der Waals surface area contributed by atoms with E-state index in [1.165, 1.54) is 31.2 Å². The molecule has 0 radical (unpaired) electrons. The fourth-order valence-corrected chi connectivity index (χ4v) is 2.83. The van der Waals surface area contributed by atoms with Crippen molar-refractivity contribution in [1.82, 2.24) is 5.32 Å². The molecule has 1 nitrogen and oxygen atoms in total. The van der Waals surface area contributed by atoms with Crippen molar-refractivity contribution in [2.45, 2.75) is 52.0 Å². The smallest absolute Gasteiger partial charge is 0.0449 e. The van der Waals surface area contributed by atoms with Crippen LogP contribution in [0.25, 0.3) is 0 Å². The van der Waals surface area contributed by atoms with E-state index in [0.29, 0.717) is 6.04 Å². The molecule has 0 amide bonds. The fourth-order valence-electron chi connectivity index (χ4n) is 2.06. The highest BCUT2D eigenvalue weighted by atomic mass is 79.9. The Hall–Kier alpha value is -0.0500. The van der Waals surface area contributed by atoms with Crippen molar-refractivity contribution in [3.05, 3.63) is 33.3 Å². The molecule has 102 valence electrons. The second kappa shape index (κ2) is 8.95. The Balaban J connectivity index is 2.35. The number of hydrogen-bond acceptors (Lipinski definition) is 1. The molecule has 1 rings (SSSR count). The first-order valence-corrected chi connectivity index (χ1v) is 8.01. The van der Waals surface area contributed by atoms with Crippen molar-refractivity contribution in [3.8, 4) is 0 Å². The van der Waals surface area contributed by atoms with E-state index >= 15 is 0 Å². The van der Waals surface area contributed by atoms with E-state index in [1.807, 2.05) is 6.07 Å². The van der Waals surface area contributed by atoms with Gasteiger partial charge in [0, 0.05) is 15.5 Å².